The molecule has 0 bridgehead atoms. The molecule has 0 saturated carbocycles. The molecule has 4 heteroatoms. The average Bonchev–Trinajstić information content (AvgIpc) is 2.96. The third-order valence-corrected chi connectivity index (χ3v) is 4.92. The Morgan fingerprint density at radius 3 is 2.95 bits per heavy atom. The van der Waals surface area contributed by atoms with Crippen LogP contribution in [0.25, 0.3) is 0 Å². The molecule has 1 saturated heterocycles. The van der Waals surface area contributed by atoms with Crippen molar-refractivity contribution in [2.75, 3.05) is 11.9 Å². The number of phenols is 1. The van der Waals surface area contributed by atoms with Crippen molar-refractivity contribution >= 4 is 21.6 Å². The van der Waals surface area contributed by atoms with Gasteiger partial charge in [0.15, 0.2) is 0 Å². The summed E-state index contributed by atoms with van der Waals surface area (Å²) < 4.78 is 7.07. The Bertz CT molecular complexity index is 688. The average molecular weight is 346 g/mol. The van der Waals surface area contributed by atoms with Gasteiger partial charge in [-0.1, -0.05) is 28.1 Å². The van der Waals surface area contributed by atoms with Gasteiger partial charge < -0.3 is 15.2 Å². The van der Waals surface area contributed by atoms with Crippen LogP contribution in [-0.4, -0.2) is 11.7 Å². The standard InChI is InChI=1S/C17H16BrNO2/c18-11-4-5-15-14(9-11)17-13(6-7-21-17)16(19-15)10-2-1-3-12(20)8-10/h1-5,8-9,13,16-17,19-20H,6-7H2/t13-,16?,17-/m0/s1. The Labute approximate surface area is 132 Å². The van der Waals surface area contributed by atoms with E-state index in [2.05, 4.69) is 39.4 Å². The van der Waals surface area contributed by atoms with E-state index in [0.717, 1.165) is 28.8 Å². The number of hydrogen-bond acceptors (Lipinski definition) is 3. The van der Waals surface area contributed by atoms with Crippen LogP contribution in [0.4, 0.5) is 5.69 Å². The van der Waals surface area contributed by atoms with E-state index in [-0.39, 0.29) is 12.1 Å². The molecular weight excluding hydrogens is 330 g/mol. The Hall–Kier alpha value is -1.52. The summed E-state index contributed by atoms with van der Waals surface area (Å²) in [5.41, 5.74) is 3.46. The normalized spacial score (nSPS) is 26.8. The van der Waals surface area contributed by atoms with Gasteiger partial charge in [0, 0.05) is 28.2 Å². The third-order valence-electron chi connectivity index (χ3n) is 4.43. The molecule has 21 heavy (non-hydrogen) atoms. The molecule has 4 rings (SSSR count). The van der Waals surface area contributed by atoms with E-state index in [9.17, 15) is 5.11 Å². The maximum atomic E-state index is 9.75. The second-order valence-electron chi connectivity index (χ2n) is 5.69. The SMILES string of the molecule is Oc1cccc(C2Nc3ccc(Br)cc3[C@H]3OCC[C@@H]23)c1. The van der Waals surface area contributed by atoms with Crippen molar-refractivity contribution in [1.29, 1.82) is 0 Å². The molecule has 1 fully saturated rings. The molecular formula is C17H16BrNO2. The van der Waals surface area contributed by atoms with Gasteiger partial charge in [-0.05, 0) is 42.3 Å². The van der Waals surface area contributed by atoms with E-state index < -0.39 is 0 Å². The maximum Gasteiger partial charge on any atom is 0.115 e. The van der Waals surface area contributed by atoms with Crippen molar-refractivity contribution in [3.63, 3.8) is 0 Å². The summed E-state index contributed by atoms with van der Waals surface area (Å²) in [7, 11) is 0. The number of halogens is 1. The van der Waals surface area contributed by atoms with E-state index >= 15 is 0 Å². The van der Waals surface area contributed by atoms with Crippen LogP contribution in [0, 0.1) is 5.92 Å². The highest BCUT2D eigenvalue weighted by atomic mass is 79.9. The van der Waals surface area contributed by atoms with E-state index in [1.807, 2.05) is 18.2 Å². The molecule has 3 nitrogen and oxygen atoms in total. The first-order valence-electron chi connectivity index (χ1n) is 7.19. The number of ether oxygens (including phenoxy) is 1. The van der Waals surface area contributed by atoms with Crippen molar-refractivity contribution < 1.29 is 9.84 Å². The Kier molecular flexibility index (Phi) is 3.16. The fourth-order valence-corrected chi connectivity index (χ4v) is 3.87. The zero-order valence-corrected chi connectivity index (χ0v) is 13.0. The minimum atomic E-state index is 0.131. The first kappa shape index (κ1) is 13.2. The molecule has 2 N–H and O–H groups in total. The van der Waals surface area contributed by atoms with Crippen molar-refractivity contribution in [3.05, 3.63) is 58.1 Å². The van der Waals surface area contributed by atoms with Gasteiger partial charge in [-0.25, -0.2) is 0 Å². The topological polar surface area (TPSA) is 41.5 Å². The number of aromatic hydroxyl groups is 1. The van der Waals surface area contributed by atoms with Crippen LogP contribution in [0.3, 0.4) is 0 Å². The van der Waals surface area contributed by atoms with E-state index in [0.29, 0.717) is 11.7 Å². The summed E-state index contributed by atoms with van der Waals surface area (Å²) in [5.74, 6) is 0.708. The predicted molar refractivity (Wildman–Crippen MR) is 85.4 cm³/mol. The fraction of sp³-hybridized carbons (Fsp3) is 0.294. The summed E-state index contributed by atoms with van der Waals surface area (Å²) in [6.45, 7) is 0.790. The van der Waals surface area contributed by atoms with Crippen molar-refractivity contribution in [1.82, 2.24) is 0 Å². The number of hydrogen-bond donors (Lipinski definition) is 2. The van der Waals surface area contributed by atoms with Crippen LogP contribution in [0.5, 0.6) is 5.75 Å². The molecule has 2 aromatic carbocycles. The highest BCUT2D eigenvalue weighted by Gasteiger charge is 2.41. The van der Waals surface area contributed by atoms with E-state index in [4.69, 9.17) is 4.74 Å². The molecule has 0 aliphatic carbocycles. The van der Waals surface area contributed by atoms with Gasteiger partial charge in [0.1, 0.15) is 5.75 Å². The molecule has 0 aromatic heterocycles. The van der Waals surface area contributed by atoms with Crippen LogP contribution in [0.1, 0.15) is 29.7 Å². The maximum absolute atomic E-state index is 9.75. The van der Waals surface area contributed by atoms with Crippen LogP contribution >= 0.6 is 15.9 Å². The molecule has 2 aliphatic heterocycles. The van der Waals surface area contributed by atoms with Gasteiger partial charge in [-0.15, -0.1) is 0 Å². The van der Waals surface area contributed by atoms with Crippen LogP contribution < -0.4 is 5.32 Å². The largest absolute Gasteiger partial charge is 0.508 e. The first-order valence-corrected chi connectivity index (χ1v) is 7.98. The number of nitrogens with one attached hydrogen (secondary N) is 1. The highest BCUT2D eigenvalue weighted by molar-refractivity contribution is 9.10. The van der Waals surface area contributed by atoms with Crippen LogP contribution in [-0.2, 0) is 4.74 Å². The van der Waals surface area contributed by atoms with Crippen molar-refractivity contribution in [3.8, 4) is 5.75 Å². The zero-order valence-electron chi connectivity index (χ0n) is 11.4. The molecule has 0 spiro atoms. The van der Waals surface area contributed by atoms with E-state index in [1.165, 1.54) is 5.56 Å². The Morgan fingerprint density at radius 2 is 2.10 bits per heavy atom. The zero-order chi connectivity index (χ0) is 14.4. The Balaban J connectivity index is 1.79. The summed E-state index contributed by atoms with van der Waals surface area (Å²) in [6, 6.07) is 14.0. The van der Waals surface area contributed by atoms with Gasteiger partial charge in [0.05, 0.1) is 12.1 Å². The highest BCUT2D eigenvalue weighted by Crippen LogP contribution is 2.50. The van der Waals surface area contributed by atoms with Crippen molar-refractivity contribution in [2.45, 2.75) is 18.6 Å². The van der Waals surface area contributed by atoms with Gasteiger partial charge >= 0.3 is 0 Å². The Morgan fingerprint density at radius 1 is 1.19 bits per heavy atom. The molecule has 108 valence electrons. The number of fused-ring (bicyclic) bond motifs is 3. The van der Waals surface area contributed by atoms with Crippen LogP contribution in [0.15, 0.2) is 46.9 Å². The lowest BCUT2D eigenvalue weighted by molar-refractivity contribution is 0.0828. The van der Waals surface area contributed by atoms with Gasteiger partial charge in [-0.3, -0.25) is 0 Å². The van der Waals surface area contributed by atoms with E-state index in [1.54, 1.807) is 6.07 Å². The summed E-state index contributed by atoms with van der Waals surface area (Å²) in [4.78, 5) is 0. The first-order chi connectivity index (χ1) is 10.2. The lowest BCUT2D eigenvalue weighted by atomic mass is 9.81. The molecule has 2 aromatic rings. The molecule has 3 atom stereocenters. The molecule has 0 radical (unpaired) electrons. The third kappa shape index (κ3) is 2.23. The number of phenolic OH excluding ortho intramolecular Hbond substituents is 1. The van der Waals surface area contributed by atoms with Gasteiger partial charge in [-0.2, -0.15) is 0 Å². The number of anilines is 1. The molecule has 0 amide bonds. The lowest BCUT2D eigenvalue weighted by Gasteiger charge is -2.36. The molecule has 2 aliphatic rings. The quantitative estimate of drug-likeness (QED) is 0.804. The second-order valence-corrected chi connectivity index (χ2v) is 6.61. The number of benzene rings is 2. The fourth-order valence-electron chi connectivity index (χ4n) is 3.49. The molecule has 1 unspecified atom stereocenters. The van der Waals surface area contributed by atoms with Gasteiger partial charge in [0.25, 0.3) is 0 Å². The summed E-state index contributed by atoms with van der Waals surface area (Å²) >= 11 is 3.54. The monoisotopic (exact) mass is 345 g/mol. The molecule has 2 heterocycles. The van der Waals surface area contributed by atoms with Gasteiger partial charge in [0.2, 0.25) is 0 Å². The minimum absolute atomic E-state index is 0.131. The minimum Gasteiger partial charge on any atom is -0.508 e. The van der Waals surface area contributed by atoms with Crippen molar-refractivity contribution in [2.24, 2.45) is 5.92 Å². The summed E-state index contributed by atoms with van der Waals surface area (Å²) in [5, 5.41) is 13.4. The second kappa shape index (κ2) is 5.04. The number of rotatable bonds is 1. The lowest BCUT2D eigenvalue weighted by Crippen LogP contribution is -2.29. The smallest absolute Gasteiger partial charge is 0.115 e. The van der Waals surface area contributed by atoms with Crippen LogP contribution in [0.2, 0.25) is 0 Å². The predicted octanol–water partition coefficient (Wildman–Crippen LogP) is 4.40. The summed E-state index contributed by atoms with van der Waals surface area (Å²) in [6.07, 6.45) is 1.16.